The Hall–Kier alpha value is -1.59. The molecule has 0 aromatic heterocycles. The Bertz CT molecular complexity index is 303. The van der Waals surface area contributed by atoms with E-state index in [0.717, 1.165) is 6.03 Å². The van der Waals surface area contributed by atoms with Crippen LogP contribution >= 0.6 is 0 Å². The Morgan fingerprint density at radius 1 is 0.571 bits per heavy atom. The fourth-order valence-electron chi connectivity index (χ4n) is 0.508. The number of hydrogen-bond acceptors (Lipinski definition) is 0. The van der Waals surface area contributed by atoms with Crippen molar-refractivity contribution in [1.82, 2.24) is 10.2 Å². The second-order valence-electron chi connectivity index (χ2n) is 3.63. The Morgan fingerprint density at radius 2 is 0.714 bits per heavy atom. The third-order valence-electron chi connectivity index (χ3n) is 0.813. The van der Waals surface area contributed by atoms with Gasteiger partial charge in [-0.2, -0.15) is 0 Å². The molecule has 176 valence electrons. The van der Waals surface area contributed by atoms with Crippen molar-refractivity contribution in [1.29, 1.82) is 0 Å². The first-order chi connectivity index (χ1) is 11.7. The van der Waals surface area contributed by atoms with Crippen molar-refractivity contribution in [2.45, 2.75) is 0 Å². The van der Waals surface area contributed by atoms with Crippen LogP contribution in [0.5, 0.6) is 0 Å². The molecule has 0 atom stereocenters. The van der Waals surface area contributed by atoms with Gasteiger partial charge in [0.2, 0.25) is 0 Å². The van der Waals surface area contributed by atoms with E-state index in [4.69, 9.17) is 4.42 Å². The number of halogens is 16. The zero-order chi connectivity index (χ0) is 24.6. The number of amides is 2. The van der Waals surface area contributed by atoms with Gasteiger partial charge in [-0.1, -0.05) is 0 Å². The highest BCUT2D eigenvalue weighted by Gasteiger charge is 2.21. The van der Waals surface area contributed by atoms with Crippen LogP contribution in [0.3, 0.4) is 0 Å². The second kappa shape index (κ2) is 16.4. The minimum atomic E-state index is -6.00. The van der Waals surface area contributed by atoms with Gasteiger partial charge in [-0.15, -0.1) is 0 Å². The van der Waals surface area contributed by atoms with Gasteiger partial charge in [-0.05, 0) is 0 Å². The number of carbonyl (C=O) groups excluding carboxylic acids is 1. The van der Waals surface area contributed by atoms with E-state index in [1.54, 1.807) is 7.11 Å². The molecule has 0 rings (SSSR count). The summed E-state index contributed by atoms with van der Waals surface area (Å²) in [5.74, 6) is 0. The van der Waals surface area contributed by atoms with E-state index in [9.17, 15) is 69.1 Å². The van der Waals surface area contributed by atoms with Gasteiger partial charge in [0, 0.05) is 21.1 Å². The Balaban J connectivity index is -0.0000000802. The van der Waals surface area contributed by atoms with Crippen LogP contribution in [-0.4, -0.2) is 68.2 Å². The molecule has 0 aromatic carbocycles. The Morgan fingerprint density at radius 3 is 0.714 bits per heavy atom. The van der Waals surface area contributed by atoms with E-state index in [-0.39, 0.29) is 0 Å². The van der Waals surface area contributed by atoms with Crippen molar-refractivity contribution in [3.05, 3.63) is 0 Å². The molecule has 1 N–H and O–H groups in total. The molecule has 0 bridgehead atoms. The maximum Gasteiger partial charge on any atom is 0.673 e. The molecule has 28 heavy (non-hydrogen) atoms. The van der Waals surface area contributed by atoms with Gasteiger partial charge >= 0.3 is 35.0 Å². The van der Waals surface area contributed by atoms with Gasteiger partial charge in [0.15, 0.2) is 0 Å². The number of nitrogens with one attached hydrogen (secondary N) is 1. The van der Waals surface area contributed by atoms with Crippen molar-refractivity contribution < 1.29 is 73.5 Å². The minimum Gasteiger partial charge on any atom is -0.418 e. The van der Waals surface area contributed by atoms with E-state index in [0.29, 0.717) is 0 Å². The molecule has 0 aliphatic carbocycles. The predicted molar refractivity (Wildman–Crippen MR) is 74.8 cm³/mol. The average molecular weight is 464 g/mol. The maximum absolute atomic E-state index is 9.75. The van der Waals surface area contributed by atoms with Gasteiger partial charge in [0.25, 0.3) is 7.11 Å². The highest BCUT2D eigenvalue weighted by molar-refractivity contribution is 6.50. The summed E-state index contributed by atoms with van der Waals surface area (Å²) in [7, 11) is -16.7. The average Bonchev–Trinajstić information content (AvgIpc) is 2.19. The lowest BCUT2D eigenvalue weighted by Crippen LogP contribution is -2.32. The first-order valence-corrected chi connectivity index (χ1v) is 5.97. The van der Waals surface area contributed by atoms with Crippen LogP contribution in [0.2, 0.25) is 0 Å². The third kappa shape index (κ3) is 326. The smallest absolute Gasteiger partial charge is 0.418 e. The molecule has 0 unspecified atom stereocenters. The number of hydrogen-bond donors (Lipinski definition) is 1. The Labute approximate surface area is 148 Å². The fraction of sp³-hybridized carbons (Fsp3) is 0.800. The lowest BCUT2D eigenvalue weighted by molar-refractivity contribution is -0.0946. The predicted octanol–water partition coefficient (Wildman–Crippen LogP) is 5.25. The van der Waals surface area contributed by atoms with Gasteiger partial charge < -0.3 is 69.1 Å². The first kappa shape index (κ1) is 37.2. The summed E-state index contributed by atoms with van der Waals surface area (Å²) in [6, 6.07) is 0.769. The van der Waals surface area contributed by atoms with E-state index in [2.05, 4.69) is 5.32 Å². The van der Waals surface area contributed by atoms with Crippen molar-refractivity contribution in [2.75, 3.05) is 28.3 Å². The number of rotatable bonds is 0. The van der Waals surface area contributed by atoms with E-state index in [1.165, 1.54) is 0 Å². The lowest BCUT2D eigenvalue weighted by Gasteiger charge is -2.02. The SMILES string of the molecule is CNC(=[O+]C)N(C)C.F[B-](F)(F)F.F[B-](F)(F)F.F[B-](F)(F)F.F[B-](F)(F)F. The van der Waals surface area contributed by atoms with Crippen LogP contribution in [-0.2, 0) is 0 Å². The lowest BCUT2D eigenvalue weighted by atomic mass is 10.3. The minimum absolute atomic E-state index is 0.769. The van der Waals surface area contributed by atoms with Crippen LogP contribution in [0, 0.1) is 0 Å². The summed E-state index contributed by atoms with van der Waals surface area (Å²) in [5, 5.41) is 2.87. The molecular formula is C5H13B4F16N2O-3. The molecular weight excluding hydrogens is 451 g/mol. The van der Waals surface area contributed by atoms with Crippen LogP contribution in [0.4, 0.5) is 73.5 Å². The number of urea groups is 1. The van der Waals surface area contributed by atoms with Crippen molar-refractivity contribution in [3.8, 4) is 0 Å². The molecule has 3 nitrogen and oxygen atoms in total. The second-order valence-corrected chi connectivity index (χ2v) is 3.63. The summed E-state index contributed by atoms with van der Waals surface area (Å²) >= 11 is 0. The molecule has 0 heterocycles. The standard InChI is InChI=1S/C5H13N2O.4BF4/c1-6-5(8-4)7(2)3;4*2-1(3,4)5/h6H,1-4H3;;;;/q+1;4*-1. The number of nitrogens with zero attached hydrogens (tertiary/aromatic N) is 1. The van der Waals surface area contributed by atoms with Crippen LogP contribution in [0.15, 0.2) is 0 Å². The molecule has 0 radical (unpaired) electrons. The topological polar surface area (TPSA) is 26.6 Å². The fourth-order valence-corrected chi connectivity index (χ4v) is 0.508. The molecule has 0 fully saturated rings. The van der Waals surface area contributed by atoms with Crippen molar-refractivity contribution in [2.24, 2.45) is 0 Å². The highest BCUT2D eigenvalue weighted by Crippen LogP contribution is 2.08. The quantitative estimate of drug-likeness (QED) is 0.288. The normalized spacial score (nSPS) is 11.8. The molecule has 0 saturated carbocycles. The summed E-state index contributed by atoms with van der Waals surface area (Å²) in [6.45, 7) is 0. The zero-order valence-electron chi connectivity index (χ0n) is 14.2. The third-order valence-corrected chi connectivity index (χ3v) is 0.813. The molecule has 2 amide bonds. The zero-order valence-corrected chi connectivity index (χ0v) is 14.2. The van der Waals surface area contributed by atoms with E-state index in [1.807, 2.05) is 26.0 Å². The monoisotopic (exact) mass is 465 g/mol. The van der Waals surface area contributed by atoms with Gasteiger partial charge in [-0.25, -0.2) is 4.42 Å². The molecule has 0 saturated heterocycles. The van der Waals surface area contributed by atoms with E-state index < -0.39 is 29.0 Å². The highest BCUT2D eigenvalue weighted by atomic mass is 19.5. The maximum atomic E-state index is 9.75. The summed E-state index contributed by atoms with van der Waals surface area (Å²) in [6.07, 6.45) is 0. The van der Waals surface area contributed by atoms with Crippen molar-refractivity contribution >= 4 is 35.0 Å². The molecule has 0 aliphatic heterocycles. The largest absolute Gasteiger partial charge is 0.673 e. The van der Waals surface area contributed by atoms with Crippen LogP contribution in [0.1, 0.15) is 0 Å². The molecule has 0 aliphatic rings. The van der Waals surface area contributed by atoms with Gasteiger partial charge in [0.1, 0.15) is 0 Å². The summed E-state index contributed by atoms with van der Waals surface area (Å²) in [5.41, 5.74) is 0. The van der Waals surface area contributed by atoms with Gasteiger partial charge in [0.05, 0.1) is 0 Å². The summed E-state index contributed by atoms with van der Waals surface area (Å²) < 4.78 is 161. The van der Waals surface area contributed by atoms with Crippen molar-refractivity contribution in [3.63, 3.8) is 0 Å². The first-order valence-electron chi connectivity index (χ1n) is 5.97. The Kier molecular flexibility index (Phi) is 21.8. The van der Waals surface area contributed by atoms with E-state index >= 15 is 0 Å². The summed E-state index contributed by atoms with van der Waals surface area (Å²) in [4.78, 5) is 1.86. The molecule has 23 heteroatoms. The molecule has 0 spiro atoms. The van der Waals surface area contributed by atoms with Gasteiger partial charge in [-0.3, -0.25) is 10.2 Å². The van der Waals surface area contributed by atoms with Crippen LogP contribution in [0.25, 0.3) is 0 Å². The molecule has 0 aromatic rings. The van der Waals surface area contributed by atoms with Crippen LogP contribution < -0.4 is 5.32 Å².